The Labute approximate surface area is 326 Å². The maximum absolute atomic E-state index is 2.97. The van der Waals surface area contributed by atoms with Gasteiger partial charge in [-0.05, 0) is 190 Å². The molecule has 300 valence electrons. The molecule has 5 aliphatic rings. The van der Waals surface area contributed by atoms with E-state index in [1.165, 1.54) is 219 Å². The zero-order chi connectivity index (χ0) is 36.4. The van der Waals surface area contributed by atoms with Crippen LogP contribution in [0.1, 0.15) is 220 Å². The smallest absolute Gasteiger partial charge is 0.00956 e. The predicted molar refractivity (Wildman–Crippen MR) is 229 cm³/mol. The molecule has 0 N–H and O–H groups in total. The molecule has 0 unspecified atom stereocenters. The number of rotatable bonds is 20. The molecule has 5 fully saturated rings. The Morgan fingerprint density at radius 3 is 0.942 bits per heavy atom. The molecule has 0 spiro atoms. The van der Waals surface area contributed by atoms with E-state index in [0.717, 1.165) is 47.6 Å². The van der Waals surface area contributed by atoms with Gasteiger partial charge in [-0.3, -0.25) is 0 Å². The lowest BCUT2D eigenvalue weighted by atomic mass is 9.69. The maximum Gasteiger partial charge on any atom is 0.00956 e. The van der Waals surface area contributed by atoms with E-state index < -0.39 is 0 Å². The SMILES string of the molecule is CCCCN(CCCC)C1CCC(/C(=C\C2CCC(/C=C(\C3CCCCC3)C3CCC(N(CCCC)CCCC)CC3)CC2)C2CCCCC2)CC1. The van der Waals surface area contributed by atoms with Gasteiger partial charge in [0, 0.05) is 12.1 Å². The molecule has 2 heteroatoms. The summed E-state index contributed by atoms with van der Waals surface area (Å²) in [4.78, 5) is 5.84. The summed E-state index contributed by atoms with van der Waals surface area (Å²) in [6.45, 7) is 14.9. The summed E-state index contributed by atoms with van der Waals surface area (Å²) in [6.07, 6.45) is 49.3. The van der Waals surface area contributed by atoms with Gasteiger partial charge in [0.1, 0.15) is 0 Å². The van der Waals surface area contributed by atoms with Crippen molar-refractivity contribution in [3.8, 4) is 0 Å². The molecule has 0 heterocycles. The second-order valence-corrected chi connectivity index (χ2v) is 19.2. The standard InChI is InChI=1S/C50H90N2/c1-5-9-35-51(36-10-6-2)47-31-27-45(28-32-47)49(43-19-15-13-16-20-43)39-41-23-25-42(26-24-41)40-50(44-21-17-14-18-22-44)46-29-33-48(34-30-46)52(37-11-7-3)38-12-8-4/h39-48H,5-38H2,1-4H3/b49-39-,50-40+. The van der Waals surface area contributed by atoms with Gasteiger partial charge in [-0.1, -0.05) is 115 Å². The van der Waals surface area contributed by atoms with Gasteiger partial charge < -0.3 is 9.80 Å². The van der Waals surface area contributed by atoms with Crippen molar-refractivity contribution >= 4 is 0 Å². The zero-order valence-electron chi connectivity index (χ0n) is 35.7. The van der Waals surface area contributed by atoms with Crippen molar-refractivity contribution in [2.75, 3.05) is 26.2 Å². The van der Waals surface area contributed by atoms with Gasteiger partial charge in [0.25, 0.3) is 0 Å². The van der Waals surface area contributed by atoms with Crippen molar-refractivity contribution in [3.05, 3.63) is 23.3 Å². The summed E-state index contributed by atoms with van der Waals surface area (Å²) >= 11 is 0. The van der Waals surface area contributed by atoms with E-state index in [0.29, 0.717) is 0 Å². The first-order valence-electron chi connectivity index (χ1n) is 24.5. The second kappa shape index (κ2) is 24.1. The van der Waals surface area contributed by atoms with Crippen molar-refractivity contribution in [1.82, 2.24) is 9.80 Å². The normalized spacial score (nSPS) is 30.7. The van der Waals surface area contributed by atoms with Crippen molar-refractivity contribution in [2.45, 2.75) is 232 Å². The van der Waals surface area contributed by atoms with Gasteiger partial charge in [-0.2, -0.15) is 0 Å². The summed E-state index contributed by atoms with van der Waals surface area (Å²) < 4.78 is 0. The van der Waals surface area contributed by atoms with E-state index in [4.69, 9.17) is 0 Å². The molecule has 0 aromatic rings. The minimum Gasteiger partial charge on any atom is -0.300 e. The number of hydrogen-bond donors (Lipinski definition) is 0. The Morgan fingerprint density at radius 2 is 0.654 bits per heavy atom. The average molecular weight is 719 g/mol. The monoisotopic (exact) mass is 719 g/mol. The molecule has 0 aliphatic heterocycles. The van der Waals surface area contributed by atoms with Crippen LogP contribution in [0.4, 0.5) is 0 Å². The lowest BCUT2D eigenvalue weighted by Crippen LogP contribution is -2.40. The fourth-order valence-electron chi connectivity index (χ4n) is 12.1. The third-order valence-electron chi connectivity index (χ3n) is 15.4. The molecular weight excluding hydrogens is 629 g/mol. The van der Waals surface area contributed by atoms with Crippen LogP contribution < -0.4 is 0 Å². The van der Waals surface area contributed by atoms with Crippen LogP contribution in [-0.2, 0) is 0 Å². The quantitative estimate of drug-likeness (QED) is 0.116. The highest BCUT2D eigenvalue weighted by Gasteiger charge is 2.34. The Morgan fingerprint density at radius 1 is 0.365 bits per heavy atom. The van der Waals surface area contributed by atoms with Gasteiger partial charge in [0.05, 0.1) is 0 Å². The Kier molecular flexibility index (Phi) is 19.7. The van der Waals surface area contributed by atoms with Crippen LogP contribution in [0.15, 0.2) is 23.3 Å². The minimum absolute atomic E-state index is 0.857. The summed E-state index contributed by atoms with van der Waals surface area (Å²) in [5, 5.41) is 0. The van der Waals surface area contributed by atoms with E-state index in [9.17, 15) is 0 Å². The average Bonchev–Trinajstić information content (AvgIpc) is 3.20. The summed E-state index contributed by atoms with van der Waals surface area (Å²) in [5.41, 5.74) is 3.97. The van der Waals surface area contributed by atoms with E-state index >= 15 is 0 Å². The van der Waals surface area contributed by atoms with Crippen molar-refractivity contribution in [3.63, 3.8) is 0 Å². The molecule has 0 amide bonds. The third kappa shape index (κ3) is 13.3. The maximum atomic E-state index is 2.97. The van der Waals surface area contributed by atoms with Crippen LogP contribution in [0.25, 0.3) is 0 Å². The lowest BCUT2D eigenvalue weighted by molar-refractivity contribution is 0.135. The van der Waals surface area contributed by atoms with Gasteiger partial charge in [0.15, 0.2) is 0 Å². The van der Waals surface area contributed by atoms with Crippen LogP contribution in [0, 0.1) is 35.5 Å². The van der Waals surface area contributed by atoms with Crippen molar-refractivity contribution in [2.24, 2.45) is 35.5 Å². The predicted octanol–water partition coefficient (Wildman–Crippen LogP) is 14.7. The highest BCUT2D eigenvalue weighted by atomic mass is 15.2. The van der Waals surface area contributed by atoms with E-state index in [2.05, 4.69) is 49.6 Å². The summed E-state index contributed by atoms with van der Waals surface area (Å²) in [6, 6.07) is 1.72. The van der Waals surface area contributed by atoms with E-state index in [1.807, 2.05) is 11.1 Å². The first kappa shape index (κ1) is 42.5. The highest BCUT2D eigenvalue weighted by molar-refractivity contribution is 5.18. The Hall–Kier alpha value is -0.600. The molecule has 0 atom stereocenters. The Balaban J connectivity index is 1.20. The van der Waals surface area contributed by atoms with Gasteiger partial charge in [0.2, 0.25) is 0 Å². The second-order valence-electron chi connectivity index (χ2n) is 19.2. The van der Waals surface area contributed by atoms with Gasteiger partial charge in [-0.25, -0.2) is 0 Å². The molecule has 5 aliphatic carbocycles. The first-order valence-corrected chi connectivity index (χ1v) is 24.5. The highest BCUT2D eigenvalue weighted by Crippen LogP contribution is 2.45. The molecule has 52 heavy (non-hydrogen) atoms. The topological polar surface area (TPSA) is 6.48 Å². The minimum atomic E-state index is 0.857. The fourth-order valence-corrected chi connectivity index (χ4v) is 12.1. The fraction of sp³-hybridized carbons (Fsp3) is 0.920. The van der Waals surface area contributed by atoms with Crippen LogP contribution in [-0.4, -0.2) is 48.1 Å². The third-order valence-corrected chi connectivity index (χ3v) is 15.4. The molecule has 5 saturated carbocycles. The van der Waals surface area contributed by atoms with Gasteiger partial charge >= 0.3 is 0 Å². The zero-order valence-corrected chi connectivity index (χ0v) is 35.7. The molecular formula is C50H90N2. The molecule has 0 aromatic carbocycles. The van der Waals surface area contributed by atoms with Crippen LogP contribution in [0.5, 0.6) is 0 Å². The van der Waals surface area contributed by atoms with Crippen LogP contribution in [0.2, 0.25) is 0 Å². The molecule has 5 rings (SSSR count). The first-order chi connectivity index (χ1) is 25.6. The van der Waals surface area contributed by atoms with E-state index in [-0.39, 0.29) is 0 Å². The molecule has 0 aromatic heterocycles. The molecule has 2 nitrogen and oxygen atoms in total. The number of hydrogen-bond acceptors (Lipinski definition) is 2. The number of allylic oxidation sites excluding steroid dienone is 4. The summed E-state index contributed by atoms with van der Waals surface area (Å²) in [5.74, 6) is 5.33. The lowest BCUT2D eigenvalue weighted by Gasteiger charge is -2.41. The van der Waals surface area contributed by atoms with Crippen molar-refractivity contribution < 1.29 is 0 Å². The van der Waals surface area contributed by atoms with Crippen LogP contribution >= 0.6 is 0 Å². The molecule has 0 bridgehead atoms. The molecule has 0 radical (unpaired) electrons. The largest absolute Gasteiger partial charge is 0.300 e. The van der Waals surface area contributed by atoms with Crippen molar-refractivity contribution in [1.29, 1.82) is 0 Å². The van der Waals surface area contributed by atoms with Gasteiger partial charge in [-0.15, -0.1) is 0 Å². The van der Waals surface area contributed by atoms with E-state index in [1.54, 1.807) is 0 Å². The Bertz CT molecular complexity index is 880. The molecule has 0 saturated heterocycles. The number of unbranched alkanes of at least 4 members (excludes halogenated alkanes) is 4. The van der Waals surface area contributed by atoms with Crippen LogP contribution in [0.3, 0.4) is 0 Å². The summed E-state index contributed by atoms with van der Waals surface area (Å²) in [7, 11) is 0. The number of nitrogens with zero attached hydrogens (tertiary/aromatic N) is 2.